The summed E-state index contributed by atoms with van der Waals surface area (Å²) < 4.78 is 5.17. The number of benzene rings is 1. The quantitative estimate of drug-likeness (QED) is 0.847. The highest BCUT2D eigenvalue weighted by Crippen LogP contribution is 2.11. The van der Waals surface area contributed by atoms with E-state index in [9.17, 15) is 4.79 Å². The largest absolute Gasteiger partial charge is 0.380 e. The maximum Gasteiger partial charge on any atom is 0.237 e. The number of carbonyl (C=O) groups excluding carboxylic acids is 1. The van der Waals surface area contributed by atoms with E-state index in [4.69, 9.17) is 4.74 Å². The van der Waals surface area contributed by atoms with Gasteiger partial charge in [-0.1, -0.05) is 30.7 Å². The lowest BCUT2D eigenvalue weighted by Crippen LogP contribution is -2.46. The van der Waals surface area contributed by atoms with Gasteiger partial charge in [-0.15, -0.1) is 0 Å². The van der Waals surface area contributed by atoms with Crippen LogP contribution < -0.4 is 10.6 Å². The van der Waals surface area contributed by atoms with Crippen molar-refractivity contribution in [2.24, 2.45) is 0 Å². The summed E-state index contributed by atoms with van der Waals surface area (Å²) in [4.78, 5) is 12.0. The molecular weight excluding hydrogens is 240 g/mol. The molecule has 4 nitrogen and oxygen atoms in total. The number of hydrogen-bond donors (Lipinski definition) is 2. The zero-order valence-corrected chi connectivity index (χ0v) is 11.4. The fourth-order valence-corrected chi connectivity index (χ4v) is 2.41. The smallest absolute Gasteiger partial charge is 0.237 e. The molecule has 1 amide bonds. The first-order valence-electron chi connectivity index (χ1n) is 6.88. The van der Waals surface area contributed by atoms with E-state index in [2.05, 4.69) is 10.6 Å². The highest BCUT2D eigenvalue weighted by molar-refractivity contribution is 5.81. The predicted octanol–water partition coefficient (Wildman–Crippen LogP) is 1.59. The molecule has 1 heterocycles. The minimum Gasteiger partial charge on any atom is -0.380 e. The Kier molecular flexibility index (Phi) is 5.36. The van der Waals surface area contributed by atoms with Gasteiger partial charge in [0.25, 0.3) is 0 Å². The topological polar surface area (TPSA) is 50.4 Å². The summed E-state index contributed by atoms with van der Waals surface area (Å²) in [6, 6.07) is 8.01. The number of piperidine rings is 1. The van der Waals surface area contributed by atoms with E-state index in [-0.39, 0.29) is 11.9 Å². The molecule has 0 aromatic heterocycles. The van der Waals surface area contributed by atoms with E-state index >= 15 is 0 Å². The van der Waals surface area contributed by atoms with Crippen molar-refractivity contribution in [1.29, 1.82) is 0 Å². The summed E-state index contributed by atoms with van der Waals surface area (Å²) in [6.07, 6.45) is 3.23. The average Bonchev–Trinajstić information content (AvgIpc) is 2.47. The molecule has 4 heteroatoms. The van der Waals surface area contributed by atoms with Gasteiger partial charge < -0.3 is 15.4 Å². The SMILES string of the molecule is COCc1ccccc1CNC(=O)C1CCCCN1. The molecule has 19 heavy (non-hydrogen) atoms. The highest BCUT2D eigenvalue weighted by Gasteiger charge is 2.20. The van der Waals surface area contributed by atoms with Gasteiger partial charge in [0.05, 0.1) is 12.6 Å². The van der Waals surface area contributed by atoms with Crippen molar-refractivity contribution >= 4 is 5.91 Å². The lowest BCUT2D eigenvalue weighted by atomic mass is 10.0. The number of nitrogens with one attached hydrogen (secondary N) is 2. The minimum absolute atomic E-state index is 0.0247. The van der Waals surface area contributed by atoms with Crippen LogP contribution in [0.1, 0.15) is 30.4 Å². The third-order valence-electron chi connectivity index (χ3n) is 3.50. The molecule has 1 unspecified atom stereocenters. The zero-order valence-electron chi connectivity index (χ0n) is 11.4. The second kappa shape index (κ2) is 7.26. The van der Waals surface area contributed by atoms with Crippen LogP contribution in [-0.2, 0) is 22.7 Å². The van der Waals surface area contributed by atoms with E-state index in [1.54, 1.807) is 7.11 Å². The van der Waals surface area contributed by atoms with E-state index < -0.39 is 0 Å². The summed E-state index contributed by atoms with van der Waals surface area (Å²) >= 11 is 0. The van der Waals surface area contributed by atoms with Crippen molar-refractivity contribution in [3.63, 3.8) is 0 Å². The van der Waals surface area contributed by atoms with Crippen molar-refractivity contribution < 1.29 is 9.53 Å². The molecule has 1 aromatic carbocycles. The van der Waals surface area contributed by atoms with Crippen LogP contribution >= 0.6 is 0 Å². The first-order valence-corrected chi connectivity index (χ1v) is 6.88. The maximum absolute atomic E-state index is 12.0. The molecule has 0 spiro atoms. The first-order chi connectivity index (χ1) is 9.31. The lowest BCUT2D eigenvalue weighted by Gasteiger charge is -2.22. The fourth-order valence-electron chi connectivity index (χ4n) is 2.41. The van der Waals surface area contributed by atoms with Gasteiger partial charge in [-0.25, -0.2) is 0 Å². The number of hydrogen-bond acceptors (Lipinski definition) is 3. The summed E-state index contributed by atoms with van der Waals surface area (Å²) in [5.41, 5.74) is 2.25. The van der Waals surface area contributed by atoms with Gasteiger partial charge in [-0.05, 0) is 30.5 Å². The maximum atomic E-state index is 12.0. The highest BCUT2D eigenvalue weighted by atomic mass is 16.5. The van der Waals surface area contributed by atoms with Crippen molar-refractivity contribution in [3.8, 4) is 0 Å². The molecule has 1 saturated heterocycles. The third kappa shape index (κ3) is 4.04. The second-order valence-corrected chi connectivity index (χ2v) is 4.92. The molecule has 104 valence electrons. The van der Waals surface area contributed by atoms with E-state index in [0.717, 1.165) is 30.5 Å². The monoisotopic (exact) mass is 262 g/mol. The van der Waals surface area contributed by atoms with Gasteiger partial charge in [-0.2, -0.15) is 0 Å². The molecule has 2 N–H and O–H groups in total. The Hall–Kier alpha value is -1.39. The van der Waals surface area contributed by atoms with Crippen molar-refractivity contribution in [2.75, 3.05) is 13.7 Å². The Labute approximate surface area is 114 Å². The molecule has 1 atom stereocenters. The molecule has 1 aromatic rings. The fraction of sp³-hybridized carbons (Fsp3) is 0.533. The Morgan fingerprint density at radius 1 is 1.37 bits per heavy atom. The van der Waals surface area contributed by atoms with Crippen LogP contribution in [0.4, 0.5) is 0 Å². The van der Waals surface area contributed by atoms with Crippen LogP contribution in [0.15, 0.2) is 24.3 Å². The Morgan fingerprint density at radius 2 is 2.16 bits per heavy atom. The summed E-state index contributed by atoms with van der Waals surface area (Å²) in [7, 11) is 1.68. The zero-order chi connectivity index (χ0) is 13.5. The number of methoxy groups -OCH3 is 1. The third-order valence-corrected chi connectivity index (χ3v) is 3.50. The van der Waals surface area contributed by atoms with E-state index in [1.165, 1.54) is 6.42 Å². The van der Waals surface area contributed by atoms with Crippen LogP contribution in [0.25, 0.3) is 0 Å². The van der Waals surface area contributed by atoms with Gasteiger partial charge in [0.1, 0.15) is 0 Å². The van der Waals surface area contributed by atoms with Crippen LogP contribution in [0.3, 0.4) is 0 Å². The number of rotatable bonds is 5. The Morgan fingerprint density at radius 3 is 2.84 bits per heavy atom. The Balaban J connectivity index is 1.89. The molecule has 0 radical (unpaired) electrons. The first kappa shape index (κ1) is 14.0. The molecule has 1 fully saturated rings. The van der Waals surface area contributed by atoms with E-state index in [1.807, 2.05) is 24.3 Å². The minimum atomic E-state index is -0.0247. The molecular formula is C15H22N2O2. The number of ether oxygens (including phenoxy) is 1. The standard InChI is InChI=1S/C15H22N2O2/c1-19-11-13-7-3-2-6-12(13)10-17-15(18)14-8-4-5-9-16-14/h2-3,6-7,14,16H,4-5,8-11H2,1H3,(H,17,18). The molecule has 0 saturated carbocycles. The van der Waals surface area contributed by atoms with Gasteiger partial charge >= 0.3 is 0 Å². The second-order valence-electron chi connectivity index (χ2n) is 4.92. The van der Waals surface area contributed by atoms with Crippen molar-refractivity contribution in [3.05, 3.63) is 35.4 Å². The van der Waals surface area contributed by atoms with Crippen LogP contribution in [0, 0.1) is 0 Å². The van der Waals surface area contributed by atoms with E-state index in [0.29, 0.717) is 13.2 Å². The molecule has 2 rings (SSSR count). The van der Waals surface area contributed by atoms with Crippen LogP contribution in [0.2, 0.25) is 0 Å². The van der Waals surface area contributed by atoms with Gasteiger partial charge in [-0.3, -0.25) is 4.79 Å². The molecule has 0 aliphatic carbocycles. The number of carbonyl (C=O) groups is 1. The van der Waals surface area contributed by atoms with Gasteiger partial charge in [0.15, 0.2) is 0 Å². The van der Waals surface area contributed by atoms with Crippen molar-refractivity contribution in [1.82, 2.24) is 10.6 Å². The summed E-state index contributed by atoms with van der Waals surface area (Å²) in [6.45, 7) is 2.09. The van der Waals surface area contributed by atoms with Gasteiger partial charge in [0.2, 0.25) is 5.91 Å². The molecule has 1 aliphatic rings. The van der Waals surface area contributed by atoms with Crippen LogP contribution in [-0.4, -0.2) is 25.6 Å². The van der Waals surface area contributed by atoms with Crippen molar-refractivity contribution in [2.45, 2.75) is 38.5 Å². The average molecular weight is 262 g/mol. The number of amides is 1. The lowest BCUT2D eigenvalue weighted by molar-refractivity contribution is -0.123. The summed E-state index contributed by atoms with van der Waals surface area (Å²) in [5, 5.41) is 6.27. The molecule has 1 aliphatic heterocycles. The Bertz CT molecular complexity index is 414. The van der Waals surface area contributed by atoms with Gasteiger partial charge in [0, 0.05) is 13.7 Å². The van der Waals surface area contributed by atoms with Crippen LogP contribution in [0.5, 0.6) is 0 Å². The molecule has 0 bridgehead atoms. The predicted molar refractivity (Wildman–Crippen MR) is 74.6 cm³/mol. The normalized spacial score (nSPS) is 19.1. The summed E-state index contributed by atoms with van der Waals surface area (Å²) in [5.74, 6) is 0.104.